The van der Waals surface area contributed by atoms with Crippen LogP contribution in [0.3, 0.4) is 0 Å². The molecule has 8 heteroatoms. The summed E-state index contributed by atoms with van der Waals surface area (Å²) in [6.45, 7) is 3.37. The lowest BCUT2D eigenvalue weighted by Gasteiger charge is -2.07. The van der Waals surface area contributed by atoms with Gasteiger partial charge in [-0.1, -0.05) is 59.8 Å². The first-order valence-corrected chi connectivity index (χ1v) is 11.3. The lowest BCUT2D eigenvalue weighted by Crippen LogP contribution is -2.24. The number of thiazole rings is 1. The van der Waals surface area contributed by atoms with Crippen LogP contribution in [0.25, 0.3) is 21.8 Å². The second-order valence-electron chi connectivity index (χ2n) is 6.58. The molecule has 0 atom stereocenters. The van der Waals surface area contributed by atoms with Crippen LogP contribution >= 0.6 is 11.3 Å². The molecule has 2 aromatic carbocycles. The van der Waals surface area contributed by atoms with Crippen LogP contribution in [0, 0.1) is 13.8 Å². The Bertz CT molecular complexity index is 1210. The average molecular weight is 426 g/mol. The second kappa shape index (κ2) is 7.90. The zero-order valence-electron chi connectivity index (χ0n) is 15.9. The van der Waals surface area contributed by atoms with Crippen molar-refractivity contribution in [3.63, 3.8) is 0 Å². The fourth-order valence-corrected chi connectivity index (χ4v) is 5.20. The molecule has 0 amide bonds. The monoisotopic (exact) mass is 425 g/mol. The van der Waals surface area contributed by atoms with Crippen LogP contribution in [0.4, 0.5) is 0 Å². The highest BCUT2D eigenvalue weighted by Crippen LogP contribution is 2.29. The third-order valence-electron chi connectivity index (χ3n) is 4.48. The van der Waals surface area contributed by atoms with E-state index >= 15 is 0 Å². The van der Waals surface area contributed by atoms with Crippen LogP contribution in [-0.2, 0) is 16.6 Å². The summed E-state index contributed by atoms with van der Waals surface area (Å²) in [5.74, 6) is 0.281. The Morgan fingerprint density at radius 3 is 2.38 bits per heavy atom. The van der Waals surface area contributed by atoms with Crippen molar-refractivity contribution < 1.29 is 12.9 Å². The van der Waals surface area contributed by atoms with E-state index in [0.717, 1.165) is 27.4 Å². The molecule has 0 saturated heterocycles. The Labute approximate surface area is 173 Å². The molecule has 0 saturated carbocycles. The van der Waals surface area contributed by atoms with Crippen molar-refractivity contribution in [3.05, 3.63) is 77.0 Å². The summed E-state index contributed by atoms with van der Waals surface area (Å²) in [5.41, 5.74) is 4.23. The predicted molar refractivity (Wildman–Crippen MR) is 113 cm³/mol. The minimum atomic E-state index is -3.68. The summed E-state index contributed by atoms with van der Waals surface area (Å²) < 4.78 is 32.6. The van der Waals surface area contributed by atoms with E-state index in [1.165, 1.54) is 0 Å². The van der Waals surface area contributed by atoms with Gasteiger partial charge < -0.3 is 4.52 Å². The summed E-state index contributed by atoms with van der Waals surface area (Å²) in [6, 6.07) is 17.7. The van der Waals surface area contributed by atoms with Crippen LogP contribution < -0.4 is 4.72 Å². The van der Waals surface area contributed by atoms with Gasteiger partial charge in [-0.25, -0.2) is 18.1 Å². The molecule has 29 heavy (non-hydrogen) atoms. The molecular formula is C21H19N3O3S2. The number of nitrogens with zero attached hydrogens (tertiary/aromatic N) is 2. The molecule has 0 aliphatic rings. The van der Waals surface area contributed by atoms with Crippen LogP contribution in [0.1, 0.15) is 17.0 Å². The largest absolute Gasteiger partial charge is 0.360 e. The standard InChI is InChI=1S/C21H19N3O3S2/c1-14-20(15(2)27-24-14)29(25,26)22-12-16-8-10-18(11-9-16)21-23-19(13-28-21)17-6-4-3-5-7-17/h3-11,13,22H,12H2,1-2H3. The molecule has 4 rings (SSSR count). The molecule has 2 aromatic heterocycles. The van der Waals surface area contributed by atoms with Crippen molar-refractivity contribution in [3.8, 4) is 21.8 Å². The summed E-state index contributed by atoms with van der Waals surface area (Å²) in [6.07, 6.45) is 0. The lowest BCUT2D eigenvalue weighted by molar-refractivity contribution is 0.390. The van der Waals surface area contributed by atoms with Crippen molar-refractivity contribution in [2.45, 2.75) is 25.3 Å². The number of benzene rings is 2. The molecule has 2 heterocycles. The highest BCUT2D eigenvalue weighted by atomic mass is 32.2. The molecule has 148 valence electrons. The highest BCUT2D eigenvalue weighted by molar-refractivity contribution is 7.89. The number of hydrogen-bond acceptors (Lipinski definition) is 6. The van der Waals surface area contributed by atoms with Crippen LogP contribution in [0.5, 0.6) is 0 Å². The van der Waals surface area contributed by atoms with Gasteiger partial charge in [-0.2, -0.15) is 0 Å². The van der Waals surface area contributed by atoms with E-state index in [9.17, 15) is 8.42 Å². The van der Waals surface area contributed by atoms with Gasteiger partial charge in [0.2, 0.25) is 10.0 Å². The van der Waals surface area contributed by atoms with Crippen LogP contribution in [0.15, 0.2) is 69.4 Å². The Balaban J connectivity index is 1.47. The van der Waals surface area contributed by atoms with Gasteiger partial charge in [-0.3, -0.25) is 0 Å². The Hall–Kier alpha value is -2.81. The quantitative estimate of drug-likeness (QED) is 0.489. The van der Waals surface area contributed by atoms with Crippen molar-refractivity contribution in [2.75, 3.05) is 0 Å². The van der Waals surface area contributed by atoms with Gasteiger partial charge in [0.15, 0.2) is 5.76 Å². The third-order valence-corrected chi connectivity index (χ3v) is 7.01. The number of sulfonamides is 1. The highest BCUT2D eigenvalue weighted by Gasteiger charge is 2.23. The van der Waals surface area contributed by atoms with Gasteiger partial charge in [0, 0.05) is 23.1 Å². The van der Waals surface area contributed by atoms with Crippen molar-refractivity contribution in [1.82, 2.24) is 14.9 Å². The maximum absolute atomic E-state index is 12.5. The SMILES string of the molecule is Cc1noc(C)c1S(=O)(=O)NCc1ccc(-c2nc(-c3ccccc3)cs2)cc1. The summed E-state index contributed by atoms with van der Waals surface area (Å²) >= 11 is 1.58. The minimum Gasteiger partial charge on any atom is -0.360 e. The predicted octanol–water partition coefficient (Wildman–Crippen LogP) is 4.56. The van der Waals surface area contributed by atoms with Gasteiger partial charge in [0.25, 0.3) is 0 Å². The fraction of sp³-hybridized carbons (Fsp3) is 0.143. The van der Waals surface area contributed by atoms with Gasteiger partial charge in [0.05, 0.1) is 5.69 Å². The zero-order chi connectivity index (χ0) is 20.4. The summed E-state index contributed by atoms with van der Waals surface area (Å²) in [5, 5.41) is 6.67. The molecule has 0 aliphatic heterocycles. The van der Waals surface area contributed by atoms with Crippen LogP contribution in [-0.4, -0.2) is 18.6 Å². The molecule has 4 aromatic rings. The van der Waals surface area contributed by atoms with E-state index in [1.54, 1.807) is 25.2 Å². The van der Waals surface area contributed by atoms with E-state index in [4.69, 9.17) is 9.51 Å². The van der Waals surface area contributed by atoms with Gasteiger partial charge in [-0.05, 0) is 19.4 Å². The Morgan fingerprint density at radius 2 is 1.72 bits per heavy atom. The Morgan fingerprint density at radius 1 is 1.00 bits per heavy atom. The first kappa shape index (κ1) is 19.5. The number of hydrogen-bond donors (Lipinski definition) is 1. The minimum absolute atomic E-state index is 0.102. The molecular weight excluding hydrogens is 406 g/mol. The third kappa shape index (κ3) is 4.14. The van der Waals surface area contributed by atoms with Crippen molar-refractivity contribution in [2.24, 2.45) is 0 Å². The topological polar surface area (TPSA) is 85.1 Å². The number of nitrogens with one attached hydrogen (secondary N) is 1. The average Bonchev–Trinajstić information content (AvgIpc) is 3.35. The molecule has 0 fully saturated rings. The van der Waals surface area contributed by atoms with E-state index in [2.05, 4.69) is 9.88 Å². The van der Waals surface area contributed by atoms with E-state index in [-0.39, 0.29) is 17.2 Å². The lowest BCUT2D eigenvalue weighted by atomic mass is 10.1. The molecule has 6 nitrogen and oxygen atoms in total. The van der Waals surface area contributed by atoms with E-state index in [0.29, 0.717) is 5.69 Å². The molecule has 1 N–H and O–H groups in total. The van der Waals surface area contributed by atoms with Crippen molar-refractivity contribution in [1.29, 1.82) is 0 Å². The van der Waals surface area contributed by atoms with Gasteiger partial charge in [-0.15, -0.1) is 11.3 Å². The van der Waals surface area contributed by atoms with Crippen molar-refractivity contribution >= 4 is 21.4 Å². The van der Waals surface area contributed by atoms with Crippen LogP contribution in [0.2, 0.25) is 0 Å². The number of aromatic nitrogens is 2. The summed E-state index contributed by atoms with van der Waals surface area (Å²) in [7, 11) is -3.68. The van der Waals surface area contributed by atoms with Gasteiger partial charge in [0.1, 0.15) is 15.6 Å². The summed E-state index contributed by atoms with van der Waals surface area (Å²) in [4.78, 5) is 4.81. The molecule has 0 spiro atoms. The Kier molecular flexibility index (Phi) is 5.31. The maximum atomic E-state index is 12.5. The maximum Gasteiger partial charge on any atom is 0.246 e. The second-order valence-corrected chi connectivity index (χ2v) is 9.14. The number of aryl methyl sites for hydroxylation is 2. The van der Waals surface area contributed by atoms with E-state index in [1.807, 2.05) is 60.0 Å². The molecule has 0 aliphatic carbocycles. The molecule has 0 radical (unpaired) electrons. The normalized spacial score (nSPS) is 11.7. The van der Waals surface area contributed by atoms with E-state index < -0.39 is 10.0 Å². The fourth-order valence-electron chi connectivity index (χ4n) is 3.02. The smallest absolute Gasteiger partial charge is 0.246 e. The number of rotatable bonds is 6. The zero-order valence-corrected chi connectivity index (χ0v) is 17.5. The molecule has 0 bridgehead atoms. The first-order chi connectivity index (χ1) is 13.9. The first-order valence-electron chi connectivity index (χ1n) is 8.97. The molecule has 0 unspecified atom stereocenters. The van der Waals surface area contributed by atoms with Gasteiger partial charge >= 0.3 is 0 Å².